The normalized spacial score (nSPS) is 11.9. The Morgan fingerprint density at radius 2 is 1.89 bits per heavy atom. The lowest BCUT2D eigenvalue weighted by Crippen LogP contribution is -2.00. The minimum Gasteiger partial charge on any atom is -0.496 e. The zero-order chi connectivity index (χ0) is 13.1. The van der Waals surface area contributed by atoms with Crippen molar-refractivity contribution in [3.63, 3.8) is 0 Å². The van der Waals surface area contributed by atoms with Gasteiger partial charge < -0.3 is 9.72 Å². The number of nitrogens with zero attached hydrogens (tertiary/aromatic N) is 1. The first-order valence-electron chi connectivity index (χ1n) is 5.84. The van der Waals surface area contributed by atoms with Crippen molar-refractivity contribution in [3.05, 3.63) is 52.8 Å². The van der Waals surface area contributed by atoms with Gasteiger partial charge in [-0.25, -0.2) is 0 Å². The van der Waals surface area contributed by atoms with Crippen LogP contribution in [0.4, 0.5) is 0 Å². The van der Waals surface area contributed by atoms with Gasteiger partial charge in [0.2, 0.25) is 0 Å². The van der Waals surface area contributed by atoms with Gasteiger partial charge in [-0.3, -0.25) is 0 Å². The van der Waals surface area contributed by atoms with E-state index < -0.39 is 0 Å². The molecular weight excluding hydrogens is 224 g/mol. The van der Waals surface area contributed by atoms with Crippen LogP contribution in [0.25, 0.3) is 0 Å². The first kappa shape index (κ1) is 12.3. The number of H-pyrrole nitrogens is 1. The largest absolute Gasteiger partial charge is 0.496 e. The second-order valence-electron chi connectivity index (χ2n) is 4.39. The predicted octanol–water partition coefficient (Wildman–Crippen LogP) is 3.30. The molecule has 0 aliphatic rings. The van der Waals surface area contributed by atoms with E-state index in [1.54, 1.807) is 7.11 Å². The molecule has 0 aliphatic heterocycles. The molecule has 1 atom stereocenters. The van der Waals surface area contributed by atoms with Crippen LogP contribution in [0.3, 0.4) is 0 Å². The molecule has 92 valence electrons. The SMILES string of the molecule is COc1c(C)cc(C(C#N)c2cc[nH]c2)cc1C. The first-order chi connectivity index (χ1) is 8.67. The molecule has 0 radical (unpaired) electrons. The molecule has 0 bridgehead atoms. The molecule has 1 aromatic heterocycles. The standard InChI is InChI=1S/C15H16N2O/c1-10-6-13(7-11(2)15(10)18-3)14(8-16)12-4-5-17-9-12/h4-7,9,14,17H,1-3H3. The topological polar surface area (TPSA) is 48.8 Å². The Morgan fingerprint density at radius 1 is 1.22 bits per heavy atom. The molecule has 0 amide bonds. The zero-order valence-corrected chi connectivity index (χ0v) is 10.8. The molecule has 1 aromatic carbocycles. The first-order valence-corrected chi connectivity index (χ1v) is 5.84. The Balaban J connectivity index is 2.48. The number of hydrogen-bond donors (Lipinski definition) is 1. The molecule has 1 heterocycles. The number of nitriles is 1. The summed E-state index contributed by atoms with van der Waals surface area (Å²) < 4.78 is 5.35. The van der Waals surface area contributed by atoms with Gasteiger partial charge in [-0.15, -0.1) is 0 Å². The maximum absolute atomic E-state index is 9.36. The maximum Gasteiger partial charge on any atom is 0.124 e. The van der Waals surface area contributed by atoms with E-state index >= 15 is 0 Å². The average molecular weight is 240 g/mol. The van der Waals surface area contributed by atoms with Crippen LogP contribution in [0, 0.1) is 25.2 Å². The lowest BCUT2D eigenvalue weighted by atomic mass is 9.91. The highest BCUT2D eigenvalue weighted by atomic mass is 16.5. The van der Waals surface area contributed by atoms with Crippen molar-refractivity contribution in [2.24, 2.45) is 0 Å². The fourth-order valence-electron chi connectivity index (χ4n) is 2.33. The number of benzene rings is 1. The van der Waals surface area contributed by atoms with E-state index in [0.29, 0.717) is 0 Å². The summed E-state index contributed by atoms with van der Waals surface area (Å²) in [5, 5.41) is 9.36. The summed E-state index contributed by atoms with van der Waals surface area (Å²) in [6, 6.07) is 8.33. The van der Waals surface area contributed by atoms with Crippen molar-refractivity contribution in [2.75, 3.05) is 7.11 Å². The summed E-state index contributed by atoms with van der Waals surface area (Å²) in [6.45, 7) is 4.00. The summed E-state index contributed by atoms with van der Waals surface area (Å²) in [4.78, 5) is 2.99. The highest BCUT2D eigenvalue weighted by molar-refractivity contribution is 5.48. The third-order valence-corrected chi connectivity index (χ3v) is 3.10. The molecule has 2 aromatic rings. The third-order valence-electron chi connectivity index (χ3n) is 3.10. The number of aromatic amines is 1. The van der Waals surface area contributed by atoms with Gasteiger partial charge in [0.05, 0.1) is 19.1 Å². The van der Waals surface area contributed by atoms with Gasteiger partial charge in [0.25, 0.3) is 0 Å². The Hall–Kier alpha value is -2.21. The second kappa shape index (κ2) is 4.97. The van der Waals surface area contributed by atoms with Crippen LogP contribution < -0.4 is 4.74 Å². The second-order valence-corrected chi connectivity index (χ2v) is 4.39. The molecule has 0 saturated carbocycles. The number of rotatable bonds is 3. The Labute approximate surface area is 107 Å². The number of aromatic nitrogens is 1. The van der Waals surface area contributed by atoms with Gasteiger partial charge >= 0.3 is 0 Å². The van der Waals surface area contributed by atoms with Crippen LogP contribution in [0.2, 0.25) is 0 Å². The van der Waals surface area contributed by atoms with Crippen LogP contribution in [-0.4, -0.2) is 12.1 Å². The molecule has 3 nitrogen and oxygen atoms in total. The molecule has 1 unspecified atom stereocenters. The Morgan fingerprint density at radius 3 is 2.33 bits per heavy atom. The van der Waals surface area contributed by atoms with Gasteiger partial charge in [0.1, 0.15) is 5.75 Å². The minimum atomic E-state index is -0.237. The summed E-state index contributed by atoms with van der Waals surface area (Å²) in [5.74, 6) is 0.657. The molecule has 3 heteroatoms. The fraction of sp³-hybridized carbons (Fsp3) is 0.267. The van der Waals surface area contributed by atoms with E-state index in [-0.39, 0.29) is 5.92 Å². The van der Waals surface area contributed by atoms with Gasteiger partial charge in [0, 0.05) is 12.4 Å². The summed E-state index contributed by atoms with van der Waals surface area (Å²) in [7, 11) is 1.67. The number of hydrogen-bond acceptors (Lipinski definition) is 2. The number of nitrogens with one attached hydrogen (secondary N) is 1. The van der Waals surface area contributed by atoms with E-state index in [9.17, 15) is 5.26 Å². The Kier molecular flexibility index (Phi) is 3.38. The van der Waals surface area contributed by atoms with Crippen molar-refractivity contribution in [1.82, 2.24) is 4.98 Å². The zero-order valence-electron chi connectivity index (χ0n) is 10.8. The Bertz CT molecular complexity index is 556. The van der Waals surface area contributed by atoms with E-state index in [2.05, 4.69) is 11.1 Å². The fourth-order valence-corrected chi connectivity index (χ4v) is 2.33. The smallest absolute Gasteiger partial charge is 0.124 e. The van der Waals surface area contributed by atoms with Crippen LogP contribution in [0.15, 0.2) is 30.6 Å². The number of methoxy groups -OCH3 is 1. The van der Waals surface area contributed by atoms with Crippen molar-refractivity contribution in [2.45, 2.75) is 19.8 Å². The lowest BCUT2D eigenvalue weighted by molar-refractivity contribution is 0.408. The van der Waals surface area contributed by atoms with Crippen molar-refractivity contribution in [1.29, 1.82) is 5.26 Å². The molecule has 18 heavy (non-hydrogen) atoms. The minimum absolute atomic E-state index is 0.237. The quantitative estimate of drug-likeness (QED) is 0.894. The average Bonchev–Trinajstić information content (AvgIpc) is 2.83. The highest BCUT2D eigenvalue weighted by Crippen LogP contribution is 2.30. The van der Waals surface area contributed by atoms with Gasteiger partial charge in [-0.2, -0.15) is 5.26 Å². The molecule has 0 saturated heterocycles. The molecule has 0 spiro atoms. The predicted molar refractivity (Wildman–Crippen MR) is 70.7 cm³/mol. The summed E-state index contributed by atoms with van der Waals surface area (Å²) in [5.41, 5.74) is 4.11. The van der Waals surface area contributed by atoms with Crippen molar-refractivity contribution >= 4 is 0 Å². The summed E-state index contributed by atoms with van der Waals surface area (Å²) in [6.07, 6.45) is 3.70. The monoisotopic (exact) mass is 240 g/mol. The third kappa shape index (κ3) is 2.10. The number of ether oxygens (including phenoxy) is 1. The van der Waals surface area contributed by atoms with E-state index in [0.717, 1.165) is 28.0 Å². The van der Waals surface area contributed by atoms with Gasteiger partial charge in [0.15, 0.2) is 0 Å². The van der Waals surface area contributed by atoms with Crippen LogP contribution in [-0.2, 0) is 0 Å². The highest BCUT2D eigenvalue weighted by Gasteiger charge is 2.16. The van der Waals surface area contributed by atoms with E-state index in [1.807, 2.05) is 44.4 Å². The van der Waals surface area contributed by atoms with Gasteiger partial charge in [-0.05, 0) is 42.2 Å². The van der Waals surface area contributed by atoms with Crippen molar-refractivity contribution < 1.29 is 4.74 Å². The van der Waals surface area contributed by atoms with E-state index in [1.165, 1.54) is 0 Å². The van der Waals surface area contributed by atoms with Gasteiger partial charge in [-0.1, -0.05) is 12.1 Å². The molecule has 2 rings (SSSR count). The van der Waals surface area contributed by atoms with E-state index in [4.69, 9.17) is 4.74 Å². The molecule has 0 aliphatic carbocycles. The molecule has 0 fully saturated rings. The number of aryl methyl sites for hydroxylation is 2. The van der Waals surface area contributed by atoms with Crippen molar-refractivity contribution in [3.8, 4) is 11.8 Å². The summed E-state index contributed by atoms with van der Waals surface area (Å²) >= 11 is 0. The molecular formula is C15H16N2O. The maximum atomic E-state index is 9.36. The lowest BCUT2D eigenvalue weighted by Gasteiger charge is -2.14. The molecule has 1 N–H and O–H groups in total. The van der Waals surface area contributed by atoms with Crippen LogP contribution in [0.5, 0.6) is 5.75 Å². The van der Waals surface area contributed by atoms with Crippen LogP contribution in [0.1, 0.15) is 28.2 Å². The van der Waals surface area contributed by atoms with Crippen LogP contribution >= 0.6 is 0 Å².